The topological polar surface area (TPSA) is 104 Å². The molecule has 0 bridgehead atoms. The van der Waals surface area contributed by atoms with Crippen molar-refractivity contribution in [2.75, 3.05) is 0 Å². The first kappa shape index (κ1) is 9.38. The van der Waals surface area contributed by atoms with E-state index in [1.54, 1.807) is 0 Å². The summed E-state index contributed by atoms with van der Waals surface area (Å²) in [6.45, 7) is 0. The van der Waals surface area contributed by atoms with Crippen molar-refractivity contribution in [1.82, 2.24) is 20.6 Å². The van der Waals surface area contributed by atoms with Crippen LogP contribution in [0.25, 0.3) is 0 Å². The van der Waals surface area contributed by atoms with Crippen LogP contribution in [-0.4, -0.2) is 33.7 Å². The fourth-order valence-electron chi connectivity index (χ4n) is 1.29. The summed E-state index contributed by atoms with van der Waals surface area (Å²) in [5.74, 6) is -1.26. The van der Waals surface area contributed by atoms with Crippen LogP contribution in [0, 0.1) is 0 Å². The van der Waals surface area contributed by atoms with Crippen molar-refractivity contribution >= 4 is 17.7 Å². The molecule has 7 nitrogen and oxygen atoms in total. The molecule has 0 aliphatic carbocycles. The minimum atomic E-state index is -0.796. The summed E-state index contributed by atoms with van der Waals surface area (Å²) in [6, 6.07) is -0.796. The highest BCUT2D eigenvalue weighted by atomic mass is 16.2. The van der Waals surface area contributed by atoms with Crippen LogP contribution in [0.4, 0.5) is 0 Å². The minimum Gasteiger partial charge on any atom is -0.341 e. The Morgan fingerprint density at radius 2 is 2.33 bits per heavy atom. The molecular weight excluding hydrogens is 200 g/mol. The van der Waals surface area contributed by atoms with Gasteiger partial charge in [0.15, 0.2) is 5.82 Å². The summed E-state index contributed by atoms with van der Waals surface area (Å²) < 4.78 is 0. The molecule has 15 heavy (non-hydrogen) atoms. The van der Waals surface area contributed by atoms with E-state index in [1.165, 1.54) is 12.4 Å². The van der Waals surface area contributed by atoms with Gasteiger partial charge < -0.3 is 10.3 Å². The number of H-pyrrole nitrogens is 1. The molecule has 3 amide bonds. The highest BCUT2D eigenvalue weighted by molar-refractivity contribution is 6.07. The number of aromatic nitrogens is 2. The fourth-order valence-corrected chi connectivity index (χ4v) is 1.29. The number of imide groups is 1. The van der Waals surface area contributed by atoms with E-state index < -0.39 is 17.9 Å². The van der Waals surface area contributed by atoms with Crippen molar-refractivity contribution in [2.24, 2.45) is 0 Å². The molecule has 0 spiro atoms. The first-order chi connectivity index (χ1) is 7.16. The van der Waals surface area contributed by atoms with Gasteiger partial charge in [-0.2, -0.15) is 0 Å². The lowest BCUT2D eigenvalue weighted by Crippen LogP contribution is -2.40. The molecule has 1 fully saturated rings. The number of aromatic amines is 1. The molecule has 2 rings (SSSR count). The third kappa shape index (κ3) is 1.85. The van der Waals surface area contributed by atoms with E-state index >= 15 is 0 Å². The van der Waals surface area contributed by atoms with Gasteiger partial charge in [0.1, 0.15) is 6.04 Å². The molecule has 1 aliphatic rings. The number of rotatable bonds is 2. The lowest BCUT2D eigenvalue weighted by molar-refractivity contribution is -0.125. The van der Waals surface area contributed by atoms with Crippen LogP contribution >= 0.6 is 0 Å². The van der Waals surface area contributed by atoms with Gasteiger partial charge in [-0.25, -0.2) is 4.98 Å². The second-order valence-electron chi connectivity index (χ2n) is 3.08. The number of imidazole rings is 1. The predicted octanol–water partition coefficient (Wildman–Crippen LogP) is -1.45. The third-order valence-corrected chi connectivity index (χ3v) is 1.99. The average molecular weight is 208 g/mol. The highest BCUT2D eigenvalue weighted by Crippen LogP contribution is 2.02. The standard InChI is InChI=1S/C8H8N4O3/c13-5-3-4(7(14)12-5)11-8(15)6-9-1-2-10-6/h1-2,4H,3H2,(H,9,10)(H,11,15)(H,12,13,14). The van der Waals surface area contributed by atoms with Crippen LogP contribution in [0.1, 0.15) is 17.0 Å². The zero-order valence-electron chi connectivity index (χ0n) is 7.61. The van der Waals surface area contributed by atoms with Crippen LogP contribution in [-0.2, 0) is 9.59 Å². The Morgan fingerprint density at radius 1 is 1.53 bits per heavy atom. The number of hydrogen-bond acceptors (Lipinski definition) is 4. The Labute approximate surface area is 84.3 Å². The molecular formula is C8H8N4O3. The van der Waals surface area contributed by atoms with Gasteiger partial charge in [-0.1, -0.05) is 0 Å². The second kappa shape index (κ2) is 3.52. The SMILES string of the molecule is O=C1CC(NC(=O)c2ncc[nH]2)C(=O)N1. The van der Waals surface area contributed by atoms with Crippen LogP contribution < -0.4 is 10.6 Å². The van der Waals surface area contributed by atoms with Gasteiger partial charge >= 0.3 is 0 Å². The molecule has 1 aromatic rings. The number of carbonyl (C=O) groups excluding carboxylic acids is 3. The normalized spacial score (nSPS) is 20.1. The molecule has 0 aromatic carbocycles. The van der Waals surface area contributed by atoms with Crippen molar-refractivity contribution in [1.29, 1.82) is 0 Å². The minimum absolute atomic E-state index is 0.0225. The molecule has 1 atom stereocenters. The number of hydrogen-bond donors (Lipinski definition) is 3. The summed E-state index contributed by atoms with van der Waals surface area (Å²) in [5.41, 5.74) is 0. The maximum Gasteiger partial charge on any atom is 0.287 e. The fraction of sp³-hybridized carbons (Fsp3) is 0.250. The summed E-state index contributed by atoms with van der Waals surface area (Å²) in [6.07, 6.45) is 2.90. The van der Waals surface area contributed by atoms with E-state index in [2.05, 4.69) is 20.6 Å². The van der Waals surface area contributed by atoms with Gasteiger partial charge in [0, 0.05) is 12.4 Å². The smallest absolute Gasteiger partial charge is 0.287 e. The molecule has 2 heterocycles. The van der Waals surface area contributed by atoms with Gasteiger partial charge in [-0.3, -0.25) is 19.7 Å². The molecule has 0 radical (unpaired) electrons. The molecule has 1 saturated heterocycles. The van der Waals surface area contributed by atoms with Gasteiger partial charge in [0.25, 0.3) is 5.91 Å². The van der Waals surface area contributed by atoms with Crippen molar-refractivity contribution in [3.8, 4) is 0 Å². The summed E-state index contributed by atoms with van der Waals surface area (Å²) >= 11 is 0. The first-order valence-corrected chi connectivity index (χ1v) is 4.31. The van der Waals surface area contributed by atoms with Gasteiger partial charge in [-0.05, 0) is 0 Å². The number of carbonyl (C=O) groups is 3. The van der Waals surface area contributed by atoms with E-state index in [9.17, 15) is 14.4 Å². The van der Waals surface area contributed by atoms with Gasteiger partial charge in [-0.15, -0.1) is 0 Å². The maximum absolute atomic E-state index is 11.4. The van der Waals surface area contributed by atoms with E-state index in [4.69, 9.17) is 0 Å². The Bertz CT molecular complexity index is 412. The van der Waals surface area contributed by atoms with Crippen molar-refractivity contribution in [3.05, 3.63) is 18.2 Å². The third-order valence-electron chi connectivity index (χ3n) is 1.99. The highest BCUT2D eigenvalue weighted by Gasteiger charge is 2.32. The molecule has 3 N–H and O–H groups in total. The lowest BCUT2D eigenvalue weighted by atomic mass is 10.2. The quantitative estimate of drug-likeness (QED) is 0.517. The molecule has 1 aliphatic heterocycles. The van der Waals surface area contributed by atoms with E-state index in [-0.39, 0.29) is 18.2 Å². The molecule has 7 heteroatoms. The summed E-state index contributed by atoms with van der Waals surface area (Å²) in [7, 11) is 0. The van der Waals surface area contributed by atoms with Crippen molar-refractivity contribution in [2.45, 2.75) is 12.5 Å². The van der Waals surface area contributed by atoms with Crippen LogP contribution in [0.2, 0.25) is 0 Å². The Kier molecular flexibility index (Phi) is 2.20. The summed E-state index contributed by atoms with van der Waals surface area (Å²) in [5, 5.41) is 4.49. The van der Waals surface area contributed by atoms with Gasteiger partial charge in [0.05, 0.1) is 6.42 Å². The number of nitrogens with one attached hydrogen (secondary N) is 3. The average Bonchev–Trinajstić information content (AvgIpc) is 2.76. The van der Waals surface area contributed by atoms with Gasteiger partial charge in [0.2, 0.25) is 11.8 Å². The van der Waals surface area contributed by atoms with E-state index in [0.29, 0.717) is 0 Å². The van der Waals surface area contributed by atoms with Crippen molar-refractivity contribution in [3.63, 3.8) is 0 Å². The zero-order chi connectivity index (χ0) is 10.8. The van der Waals surface area contributed by atoms with Crippen LogP contribution in [0.3, 0.4) is 0 Å². The molecule has 0 saturated carbocycles. The van der Waals surface area contributed by atoms with E-state index in [1.807, 2.05) is 0 Å². The van der Waals surface area contributed by atoms with Crippen LogP contribution in [0.15, 0.2) is 12.4 Å². The molecule has 1 aromatic heterocycles. The summed E-state index contributed by atoms with van der Waals surface area (Å²) in [4.78, 5) is 39.7. The second-order valence-corrected chi connectivity index (χ2v) is 3.08. The Morgan fingerprint density at radius 3 is 2.87 bits per heavy atom. The monoisotopic (exact) mass is 208 g/mol. The Balaban J connectivity index is 2.01. The Hall–Kier alpha value is -2.18. The number of nitrogens with zero attached hydrogens (tertiary/aromatic N) is 1. The van der Waals surface area contributed by atoms with E-state index in [0.717, 1.165) is 0 Å². The first-order valence-electron chi connectivity index (χ1n) is 4.31. The molecule has 1 unspecified atom stereocenters. The molecule has 78 valence electrons. The zero-order valence-corrected chi connectivity index (χ0v) is 7.61. The van der Waals surface area contributed by atoms with Crippen LogP contribution in [0.5, 0.6) is 0 Å². The maximum atomic E-state index is 11.4. The largest absolute Gasteiger partial charge is 0.341 e. The lowest BCUT2D eigenvalue weighted by Gasteiger charge is -2.06. The predicted molar refractivity (Wildman–Crippen MR) is 47.6 cm³/mol. The number of amides is 3. The van der Waals surface area contributed by atoms with Crippen molar-refractivity contribution < 1.29 is 14.4 Å².